The molecule has 0 unspecified atom stereocenters. The quantitative estimate of drug-likeness (QED) is 0.437. The van der Waals surface area contributed by atoms with Crippen molar-refractivity contribution in [3.63, 3.8) is 0 Å². The van der Waals surface area contributed by atoms with Crippen LogP contribution in [0.4, 0.5) is 0 Å². The van der Waals surface area contributed by atoms with E-state index >= 15 is 0 Å². The van der Waals surface area contributed by atoms with Crippen LogP contribution in [0.15, 0.2) is 0 Å². The van der Waals surface area contributed by atoms with E-state index in [-0.39, 0.29) is 32.1 Å². The van der Waals surface area contributed by atoms with Gasteiger partial charge in [0, 0.05) is 0 Å². The summed E-state index contributed by atoms with van der Waals surface area (Å²) >= 11 is 0. The van der Waals surface area contributed by atoms with E-state index in [0.29, 0.717) is 0 Å². The van der Waals surface area contributed by atoms with Crippen molar-refractivity contribution in [3.8, 4) is 0 Å². The van der Waals surface area contributed by atoms with Crippen molar-refractivity contribution in [2.75, 3.05) is 0 Å². The summed E-state index contributed by atoms with van der Waals surface area (Å²) in [7, 11) is 0. The average Bonchev–Trinajstić information content (AvgIpc) is 1.21. The molecule has 0 aromatic carbocycles. The number of rotatable bonds is 1. The number of carboxylic acids is 1. The number of aliphatic carboxylic acids is 1. The van der Waals surface area contributed by atoms with Gasteiger partial charge >= 0.3 is 24.8 Å². The van der Waals surface area contributed by atoms with E-state index in [1.807, 2.05) is 20.8 Å². The van der Waals surface area contributed by atoms with Crippen molar-refractivity contribution in [2.45, 2.75) is 27.2 Å². The maximum atomic E-state index is 10.0. The van der Waals surface area contributed by atoms with Crippen LogP contribution in [0.1, 0.15) is 28.6 Å². The van der Waals surface area contributed by atoms with Gasteiger partial charge in [-0.2, -0.15) is 0 Å². The summed E-state index contributed by atoms with van der Waals surface area (Å²) in [4.78, 5) is 10.0. The fraction of sp³-hybridized carbons (Fsp3) is 0.833. The standard InChI is InChI=1S/C6H12O2.Li.H/c1-6(2,3)4-5(7)8;;/h4H2,1-3H3,(H,7,8);;/q;+1;-1. The molecule has 9 heavy (non-hydrogen) atoms. The molecule has 2 nitrogen and oxygen atoms in total. The third-order valence-electron chi connectivity index (χ3n) is 0.682. The third-order valence-corrected chi connectivity index (χ3v) is 0.682. The van der Waals surface area contributed by atoms with E-state index in [1.165, 1.54) is 0 Å². The minimum Gasteiger partial charge on any atom is -1.00 e. The monoisotopic (exact) mass is 124 g/mol. The molecule has 0 saturated carbocycles. The molecule has 0 amide bonds. The first kappa shape index (κ1) is 11.8. The Labute approximate surface area is 69.3 Å². The van der Waals surface area contributed by atoms with Crippen molar-refractivity contribution in [1.29, 1.82) is 0 Å². The molecule has 0 aromatic rings. The predicted octanol–water partition coefficient (Wildman–Crippen LogP) is -1.38. The van der Waals surface area contributed by atoms with Crippen molar-refractivity contribution in [3.05, 3.63) is 0 Å². The maximum Gasteiger partial charge on any atom is 1.00 e. The minimum absolute atomic E-state index is 0. The molecule has 50 valence electrons. The van der Waals surface area contributed by atoms with Crippen LogP contribution >= 0.6 is 0 Å². The van der Waals surface area contributed by atoms with Gasteiger partial charge in [0.15, 0.2) is 0 Å². The number of carboxylic acid groups (broad SMARTS) is 1. The zero-order valence-electron chi connectivity index (χ0n) is 7.56. The van der Waals surface area contributed by atoms with Gasteiger partial charge in [0.25, 0.3) is 0 Å². The van der Waals surface area contributed by atoms with Crippen LogP contribution in [0.3, 0.4) is 0 Å². The van der Waals surface area contributed by atoms with Gasteiger partial charge in [-0.3, -0.25) is 4.79 Å². The van der Waals surface area contributed by atoms with Gasteiger partial charge in [-0.1, -0.05) is 20.8 Å². The van der Waals surface area contributed by atoms with Crippen LogP contribution < -0.4 is 18.9 Å². The van der Waals surface area contributed by atoms with Crippen LogP contribution in [0.25, 0.3) is 0 Å². The van der Waals surface area contributed by atoms with E-state index in [1.54, 1.807) is 0 Å². The summed E-state index contributed by atoms with van der Waals surface area (Å²) in [5.74, 6) is -0.725. The van der Waals surface area contributed by atoms with Crippen LogP contribution in [0, 0.1) is 5.41 Å². The van der Waals surface area contributed by atoms with Gasteiger partial charge < -0.3 is 6.53 Å². The van der Waals surface area contributed by atoms with Crippen LogP contribution in [-0.2, 0) is 4.79 Å². The molecule has 0 aliphatic carbocycles. The molecule has 0 aromatic heterocycles. The average molecular weight is 124 g/mol. The van der Waals surface area contributed by atoms with Crippen LogP contribution in [0.2, 0.25) is 0 Å². The molecule has 0 aliphatic rings. The summed E-state index contributed by atoms with van der Waals surface area (Å²) in [5, 5.41) is 8.25. The molecular formula is C6H13LiO2. The molecule has 0 bridgehead atoms. The molecule has 1 N–H and O–H groups in total. The molecule has 0 heterocycles. The Morgan fingerprint density at radius 2 is 1.89 bits per heavy atom. The van der Waals surface area contributed by atoms with Gasteiger partial charge in [-0.25, -0.2) is 0 Å². The summed E-state index contributed by atoms with van der Waals surface area (Å²) in [6.07, 6.45) is 0.243. The molecule has 0 fully saturated rings. The van der Waals surface area contributed by atoms with Crippen molar-refractivity contribution in [2.24, 2.45) is 5.41 Å². The first-order chi connectivity index (χ1) is 3.42. The number of carbonyl (C=O) groups is 1. The van der Waals surface area contributed by atoms with Crippen molar-refractivity contribution >= 4 is 5.97 Å². The zero-order valence-corrected chi connectivity index (χ0v) is 6.56. The second-order valence-corrected chi connectivity index (χ2v) is 3.13. The van der Waals surface area contributed by atoms with Crippen molar-refractivity contribution < 1.29 is 30.2 Å². The SMILES string of the molecule is CC(C)(C)CC(=O)O.[H-].[Li+]. The summed E-state index contributed by atoms with van der Waals surface area (Å²) in [6.45, 7) is 5.71. The summed E-state index contributed by atoms with van der Waals surface area (Å²) < 4.78 is 0. The Balaban J connectivity index is -0.000000245. The van der Waals surface area contributed by atoms with Gasteiger partial charge in [0.1, 0.15) is 0 Å². The first-order valence-electron chi connectivity index (χ1n) is 2.63. The smallest absolute Gasteiger partial charge is 1.00 e. The maximum absolute atomic E-state index is 10.0. The molecular weight excluding hydrogens is 111 g/mol. The summed E-state index contributed by atoms with van der Waals surface area (Å²) in [6, 6.07) is 0. The fourth-order valence-corrected chi connectivity index (χ4v) is 0.454. The Morgan fingerprint density at radius 1 is 1.56 bits per heavy atom. The third kappa shape index (κ3) is 11.6. The molecule has 0 radical (unpaired) electrons. The van der Waals surface area contributed by atoms with E-state index in [4.69, 9.17) is 5.11 Å². The van der Waals surface area contributed by atoms with Crippen LogP contribution in [0.5, 0.6) is 0 Å². The minimum atomic E-state index is -0.725. The van der Waals surface area contributed by atoms with Gasteiger partial charge in [-0.15, -0.1) is 0 Å². The molecule has 0 aliphatic heterocycles. The van der Waals surface area contributed by atoms with E-state index in [9.17, 15) is 4.79 Å². The van der Waals surface area contributed by atoms with E-state index < -0.39 is 5.97 Å². The Morgan fingerprint density at radius 3 is 1.89 bits per heavy atom. The normalized spacial score (nSPS) is 10.1. The Bertz CT molecular complexity index is 98.4. The Hall–Kier alpha value is 0.0674. The van der Waals surface area contributed by atoms with Gasteiger partial charge in [-0.05, 0) is 5.41 Å². The molecule has 0 rings (SSSR count). The molecule has 0 spiro atoms. The Kier molecular flexibility index (Phi) is 5.22. The second kappa shape index (κ2) is 3.98. The fourth-order valence-electron chi connectivity index (χ4n) is 0.454. The molecule has 0 saturated heterocycles. The van der Waals surface area contributed by atoms with E-state index in [0.717, 1.165) is 0 Å². The van der Waals surface area contributed by atoms with Gasteiger partial charge in [0.05, 0.1) is 6.42 Å². The topological polar surface area (TPSA) is 37.3 Å². The predicted molar refractivity (Wildman–Crippen MR) is 32.8 cm³/mol. The van der Waals surface area contributed by atoms with E-state index in [2.05, 4.69) is 0 Å². The first-order valence-corrected chi connectivity index (χ1v) is 2.63. The summed E-state index contributed by atoms with van der Waals surface area (Å²) in [5.41, 5.74) is -0.0775. The number of hydrogen-bond donors (Lipinski definition) is 1. The van der Waals surface area contributed by atoms with Gasteiger partial charge in [0.2, 0.25) is 0 Å². The molecule has 0 atom stereocenters. The van der Waals surface area contributed by atoms with Crippen molar-refractivity contribution in [1.82, 2.24) is 0 Å². The second-order valence-electron chi connectivity index (χ2n) is 3.13. The molecule has 3 heteroatoms. The number of hydrogen-bond acceptors (Lipinski definition) is 1. The van der Waals surface area contributed by atoms with Crippen LogP contribution in [-0.4, -0.2) is 11.1 Å². The largest absolute Gasteiger partial charge is 1.00 e. The zero-order chi connectivity index (χ0) is 6.78.